The molecule has 1 atom stereocenters. The molecule has 0 saturated carbocycles. The largest absolute Gasteiger partial charge is 0.416 e. The van der Waals surface area contributed by atoms with Crippen LogP contribution in [0.25, 0.3) is 0 Å². The van der Waals surface area contributed by atoms with Gasteiger partial charge in [0.25, 0.3) is 0 Å². The first-order chi connectivity index (χ1) is 6.30. The van der Waals surface area contributed by atoms with Gasteiger partial charge in [0.05, 0.1) is 6.54 Å². The van der Waals surface area contributed by atoms with E-state index in [2.05, 4.69) is 4.98 Å². The van der Waals surface area contributed by atoms with Gasteiger partial charge in [-0.15, -0.1) is 0 Å². The van der Waals surface area contributed by atoms with E-state index >= 15 is 0 Å². The van der Waals surface area contributed by atoms with Crippen molar-refractivity contribution in [3.05, 3.63) is 22.4 Å². The lowest BCUT2D eigenvalue weighted by Gasteiger charge is -2.13. The number of aromatic amines is 1. The van der Waals surface area contributed by atoms with Gasteiger partial charge in [0.15, 0.2) is 6.10 Å². The van der Waals surface area contributed by atoms with Gasteiger partial charge in [0, 0.05) is 11.9 Å². The fourth-order valence-electron chi connectivity index (χ4n) is 0.991. The van der Waals surface area contributed by atoms with Crippen molar-refractivity contribution >= 4 is 0 Å². The van der Waals surface area contributed by atoms with Gasteiger partial charge in [-0.2, -0.15) is 13.2 Å². The lowest BCUT2D eigenvalue weighted by molar-refractivity contribution is -0.207. The van der Waals surface area contributed by atoms with Crippen LogP contribution in [0.15, 0.2) is 11.0 Å². The Balaban J connectivity index is 2.79. The van der Waals surface area contributed by atoms with Crippen molar-refractivity contribution in [1.29, 1.82) is 0 Å². The molecular formula is C7H9F3N2O2. The number of aliphatic hydroxyl groups is 1. The number of alkyl halides is 3. The summed E-state index contributed by atoms with van der Waals surface area (Å²) in [7, 11) is 0. The average Bonchev–Trinajstić information content (AvgIpc) is 2.28. The number of aromatic nitrogens is 2. The molecule has 0 spiro atoms. The molecule has 1 unspecified atom stereocenters. The number of imidazole rings is 1. The molecule has 7 heteroatoms. The van der Waals surface area contributed by atoms with E-state index in [1.807, 2.05) is 0 Å². The van der Waals surface area contributed by atoms with Crippen LogP contribution in [0, 0.1) is 6.92 Å². The Labute approximate surface area is 77.0 Å². The first-order valence-electron chi connectivity index (χ1n) is 3.81. The summed E-state index contributed by atoms with van der Waals surface area (Å²) < 4.78 is 36.5. The predicted octanol–water partition coefficient (Wildman–Crippen LogP) is 0.408. The van der Waals surface area contributed by atoms with Crippen LogP contribution in [-0.2, 0) is 6.54 Å². The smallest absolute Gasteiger partial charge is 0.382 e. The first kappa shape index (κ1) is 10.8. The van der Waals surface area contributed by atoms with Crippen LogP contribution in [0.2, 0.25) is 0 Å². The van der Waals surface area contributed by atoms with Crippen molar-refractivity contribution in [2.24, 2.45) is 0 Å². The van der Waals surface area contributed by atoms with E-state index in [0.717, 1.165) is 4.57 Å². The molecule has 0 aliphatic heterocycles. The van der Waals surface area contributed by atoms with E-state index in [4.69, 9.17) is 5.11 Å². The normalized spacial score (nSPS) is 14.4. The number of hydrogen-bond acceptors (Lipinski definition) is 2. The fourth-order valence-corrected chi connectivity index (χ4v) is 0.991. The van der Waals surface area contributed by atoms with Crippen LogP contribution in [0.5, 0.6) is 0 Å². The Morgan fingerprint density at radius 1 is 1.64 bits per heavy atom. The molecule has 0 fully saturated rings. The van der Waals surface area contributed by atoms with Crippen LogP contribution in [0.4, 0.5) is 13.2 Å². The Morgan fingerprint density at radius 2 is 2.21 bits per heavy atom. The Morgan fingerprint density at radius 3 is 2.57 bits per heavy atom. The quantitative estimate of drug-likeness (QED) is 0.742. The highest BCUT2D eigenvalue weighted by Crippen LogP contribution is 2.20. The van der Waals surface area contributed by atoms with Crippen molar-refractivity contribution in [1.82, 2.24) is 9.55 Å². The van der Waals surface area contributed by atoms with Crippen molar-refractivity contribution in [3.63, 3.8) is 0 Å². The van der Waals surface area contributed by atoms with Crippen LogP contribution in [0.1, 0.15) is 5.69 Å². The number of H-pyrrole nitrogens is 1. The third kappa shape index (κ3) is 2.38. The van der Waals surface area contributed by atoms with Gasteiger partial charge >= 0.3 is 11.9 Å². The maximum Gasteiger partial charge on any atom is 0.416 e. The molecule has 4 nitrogen and oxygen atoms in total. The van der Waals surface area contributed by atoms with E-state index in [0.29, 0.717) is 5.69 Å². The van der Waals surface area contributed by atoms with Crippen molar-refractivity contribution in [2.75, 3.05) is 0 Å². The van der Waals surface area contributed by atoms with Crippen LogP contribution >= 0.6 is 0 Å². The summed E-state index contributed by atoms with van der Waals surface area (Å²) >= 11 is 0. The van der Waals surface area contributed by atoms with Crippen LogP contribution < -0.4 is 5.69 Å². The minimum Gasteiger partial charge on any atom is -0.382 e. The second-order valence-electron chi connectivity index (χ2n) is 2.95. The topological polar surface area (TPSA) is 58.0 Å². The minimum absolute atomic E-state index is 0.448. The zero-order chi connectivity index (χ0) is 10.9. The molecule has 0 amide bonds. The highest BCUT2D eigenvalue weighted by atomic mass is 19.4. The van der Waals surface area contributed by atoms with Gasteiger partial charge in [0.2, 0.25) is 0 Å². The number of rotatable bonds is 2. The molecule has 0 saturated heterocycles. The molecule has 1 heterocycles. The molecule has 0 aliphatic carbocycles. The standard InChI is InChI=1S/C7H9F3N2O2/c1-4-2-12(6(14)11-4)3-5(13)7(8,9)10/h2,5,13H,3H2,1H3,(H,11,14). The summed E-state index contributed by atoms with van der Waals surface area (Å²) in [5.74, 6) is 0. The maximum atomic E-state index is 11.9. The SMILES string of the molecule is Cc1cn(CC(O)C(F)(F)F)c(=O)[nH]1. The minimum atomic E-state index is -4.70. The molecule has 0 aliphatic rings. The summed E-state index contributed by atoms with van der Waals surface area (Å²) in [4.78, 5) is 13.2. The summed E-state index contributed by atoms with van der Waals surface area (Å²) in [5.41, 5.74) is -0.213. The lowest BCUT2D eigenvalue weighted by Crippen LogP contribution is -2.35. The van der Waals surface area contributed by atoms with Gasteiger partial charge in [0.1, 0.15) is 0 Å². The number of nitrogens with one attached hydrogen (secondary N) is 1. The average molecular weight is 210 g/mol. The number of halogens is 3. The fraction of sp³-hybridized carbons (Fsp3) is 0.571. The Hall–Kier alpha value is -1.24. The lowest BCUT2D eigenvalue weighted by atomic mass is 10.3. The molecule has 1 aromatic heterocycles. The van der Waals surface area contributed by atoms with Gasteiger partial charge < -0.3 is 10.1 Å². The Bertz CT molecular complexity index is 366. The van der Waals surface area contributed by atoms with Gasteiger partial charge in [-0.05, 0) is 6.92 Å². The number of aliphatic hydroxyl groups excluding tert-OH is 1. The molecule has 0 radical (unpaired) electrons. The van der Waals surface area contributed by atoms with E-state index in [1.165, 1.54) is 13.1 Å². The molecular weight excluding hydrogens is 201 g/mol. The number of aryl methyl sites for hydroxylation is 1. The molecule has 1 aromatic rings. The number of nitrogens with zero attached hydrogens (tertiary/aromatic N) is 1. The van der Waals surface area contributed by atoms with Gasteiger partial charge in [-0.1, -0.05) is 0 Å². The molecule has 2 N–H and O–H groups in total. The van der Waals surface area contributed by atoms with E-state index in [-0.39, 0.29) is 0 Å². The highest BCUT2D eigenvalue weighted by Gasteiger charge is 2.38. The van der Waals surface area contributed by atoms with E-state index in [9.17, 15) is 18.0 Å². The Kier molecular flexibility index (Phi) is 2.70. The highest BCUT2D eigenvalue weighted by molar-refractivity contribution is 4.93. The summed E-state index contributed by atoms with van der Waals surface area (Å²) in [6, 6.07) is 0. The van der Waals surface area contributed by atoms with Crippen LogP contribution in [0.3, 0.4) is 0 Å². The molecule has 0 aromatic carbocycles. The third-order valence-corrected chi connectivity index (χ3v) is 1.66. The monoisotopic (exact) mass is 210 g/mol. The molecule has 80 valence electrons. The maximum absolute atomic E-state index is 11.9. The zero-order valence-corrected chi connectivity index (χ0v) is 7.30. The summed E-state index contributed by atoms with van der Waals surface area (Å²) in [6.07, 6.45) is -6.00. The van der Waals surface area contributed by atoms with Crippen molar-refractivity contribution in [3.8, 4) is 0 Å². The number of hydrogen-bond donors (Lipinski definition) is 2. The van der Waals surface area contributed by atoms with Crippen LogP contribution in [-0.4, -0.2) is 26.9 Å². The predicted molar refractivity (Wildman–Crippen MR) is 41.9 cm³/mol. The van der Waals surface area contributed by atoms with Crippen molar-refractivity contribution in [2.45, 2.75) is 25.7 Å². The summed E-state index contributed by atoms with van der Waals surface area (Å²) in [6.45, 7) is 0.755. The van der Waals surface area contributed by atoms with Gasteiger partial charge in [-0.3, -0.25) is 4.57 Å². The van der Waals surface area contributed by atoms with Crippen molar-refractivity contribution < 1.29 is 18.3 Å². The zero-order valence-electron chi connectivity index (χ0n) is 7.30. The second kappa shape index (κ2) is 3.49. The second-order valence-corrected chi connectivity index (χ2v) is 2.95. The summed E-state index contributed by atoms with van der Waals surface area (Å²) in [5, 5.41) is 8.67. The molecule has 1 rings (SSSR count). The van der Waals surface area contributed by atoms with E-state index < -0.39 is 24.5 Å². The molecule has 0 bridgehead atoms. The molecule has 14 heavy (non-hydrogen) atoms. The van der Waals surface area contributed by atoms with Gasteiger partial charge in [-0.25, -0.2) is 4.79 Å². The van der Waals surface area contributed by atoms with E-state index in [1.54, 1.807) is 0 Å². The third-order valence-electron chi connectivity index (χ3n) is 1.66. The first-order valence-corrected chi connectivity index (χ1v) is 3.81.